The van der Waals surface area contributed by atoms with Crippen LogP contribution in [0.2, 0.25) is 0 Å². The average molecular weight is 317 g/mol. The van der Waals surface area contributed by atoms with Crippen molar-refractivity contribution in [3.05, 3.63) is 59.5 Å². The summed E-state index contributed by atoms with van der Waals surface area (Å²) in [5.41, 5.74) is 0.967. The fourth-order valence-electron chi connectivity index (χ4n) is 2.14. The molecule has 0 aliphatic carbocycles. The maximum Gasteiger partial charge on any atom is 0.335 e. The summed E-state index contributed by atoms with van der Waals surface area (Å²) in [6.07, 6.45) is 1.77. The molecule has 122 valence electrons. The van der Waals surface area contributed by atoms with E-state index in [4.69, 9.17) is 14.3 Å². The highest BCUT2D eigenvalue weighted by molar-refractivity contribution is 5.87. The highest BCUT2D eigenvalue weighted by atomic mass is 16.5. The Labute approximate surface area is 134 Å². The molecule has 6 heteroatoms. The molecule has 1 aromatic heterocycles. The molecule has 1 N–H and O–H groups in total. The smallest absolute Gasteiger partial charge is 0.335 e. The van der Waals surface area contributed by atoms with Crippen LogP contribution in [-0.4, -0.2) is 42.1 Å². The van der Waals surface area contributed by atoms with E-state index in [9.17, 15) is 9.59 Å². The van der Waals surface area contributed by atoms with E-state index in [1.165, 1.54) is 12.1 Å². The number of aromatic carboxylic acids is 1. The van der Waals surface area contributed by atoms with Crippen LogP contribution in [0, 0.1) is 0 Å². The summed E-state index contributed by atoms with van der Waals surface area (Å²) in [6.45, 7) is 1.27. The first-order valence-corrected chi connectivity index (χ1v) is 7.21. The second kappa shape index (κ2) is 8.14. The molecule has 0 atom stereocenters. The average Bonchev–Trinajstić information content (AvgIpc) is 3.05. The van der Waals surface area contributed by atoms with Crippen LogP contribution >= 0.6 is 0 Å². The van der Waals surface area contributed by atoms with Crippen LogP contribution in [0.3, 0.4) is 0 Å². The molecule has 1 heterocycles. The van der Waals surface area contributed by atoms with Gasteiger partial charge in [0.05, 0.1) is 31.4 Å². The van der Waals surface area contributed by atoms with E-state index in [0.29, 0.717) is 25.5 Å². The molecule has 0 saturated carbocycles. The zero-order chi connectivity index (χ0) is 16.7. The number of amides is 1. The summed E-state index contributed by atoms with van der Waals surface area (Å²) in [5.74, 6) is -0.348. The van der Waals surface area contributed by atoms with Gasteiger partial charge in [-0.25, -0.2) is 4.79 Å². The molecule has 0 spiro atoms. The minimum Gasteiger partial charge on any atom is -0.478 e. The van der Waals surface area contributed by atoms with Gasteiger partial charge in [0, 0.05) is 13.7 Å². The summed E-state index contributed by atoms with van der Waals surface area (Å²) in [5, 5.41) is 8.89. The van der Waals surface area contributed by atoms with Crippen molar-refractivity contribution in [3.63, 3.8) is 0 Å². The topological polar surface area (TPSA) is 80.0 Å². The molecular formula is C17H19NO5. The van der Waals surface area contributed by atoms with Gasteiger partial charge in [0.25, 0.3) is 0 Å². The molecule has 1 aromatic carbocycles. The lowest BCUT2D eigenvalue weighted by Gasteiger charge is -2.21. The quantitative estimate of drug-likeness (QED) is 0.807. The number of nitrogens with zero attached hydrogens (tertiary/aromatic N) is 1. The van der Waals surface area contributed by atoms with Crippen molar-refractivity contribution >= 4 is 11.9 Å². The summed E-state index contributed by atoms with van der Waals surface area (Å²) in [6, 6.07) is 9.90. The Balaban J connectivity index is 2.02. The van der Waals surface area contributed by atoms with Crippen molar-refractivity contribution in [2.24, 2.45) is 0 Å². The number of carboxylic acids is 1. The molecule has 0 fully saturated rings. The first kappa shape index (κ1) is 16.8. The normalized spacial score (nSPS) is 10.5. The maximum atomic E-state index is 12.5. The van der Waals surface area contributed by atoms with Crippen LogP contribution in [0.1, 0.15) is 21.7 Å². The summed E-state index contributed by atoms with van der Waals surface area (Å²) >= 11 is 0. The number of ether oxygens (including phenoxy) is 1. The standard InChI is InChI=1S/C17H19NO5/c1-22-10-8-18(12-15-3-2-9-23-15)16(19)11-13-4-6-14(7-5-13)17(20)21/h2-7,9H,8,10-12H2,1H3,(H,20,21). The van der Waals surface area contributed by atoms with Gasteiger partial charge in [0.2, 0.25) is 5.91 Å². The predicted octanol–water partition coefficient (Wildman–Crippen LogP) is 2.20. The Kier molecular flexibility index (Phi) is 5.94. The van der Waals surface area contributed by atoms with Gasteiger partial charge in [-0.2, -0.15) is 0 Å². The molecule has 23 heavy (non-hydrogen) atoms. The Morgan fingerprint density at radius 2 is 1.96 bits per heavy atom. The SMILES string of the molecule is COCCN(Cc1ccco1)C(=O)Cc1ccc(C(=O)O)cc1. The fourth-order valence-corrected chi connectivity index (χ4v) is 2.14. The third-order valence-electron chi connectivity index (χ3n) is 3.40. The van der Waals surface area contributed by atoms with Crippen LogP contribution in [-0.2, 0) is 22.5 Å². The molecule has 0 saturated heterocycles. The van der Waals surface area contributed by atoms with E-state index in [2.05, 4.69) is 0 Å². The van der Waals surface area contributed by atoms with E-state index in [-0.39, 0.29) is 17.9 Å². The van der Waals surface area contributed by atoms with E-state index in [1.807, 2.05) is 6.07 Å². The first-order chi connectivity index (χ1) is 11.1. The molecule has 2 aromatic rings. The van der Waals surface area contributed by atoms with Gasteiger partial charge in [0.1, 0.15) is 5.76 Å². The summed E-state index contributed by atoms with van der Waals surface area (Å²) < 4.78 is 10.3. The third-order valence-corrected chi connectivity index (χ3v) is 3.40. The molecule has 2 rings (SSSR count). The lowest BCUT2D eigenvalue weighted by Crippen LogP contribution is -2.34. The van der Waals surface area contributed by atoms with Crippen LogP contribution < -0.4 is 0 Å². The zero-order valence-corrected chi connectivity index (χ0v) is 12.9. The number of carboxylic acid groups (broad SMARTS) is 1. The number of hydrogen-bond acceptors (Lipinski definition) is 4. The van der Waals surface area contributed by atoms with Gasteiger partial charge in [-0.05, 0) is 29.8 Å². The zero-order valence-electron chi connectivity index (χ0n) is 12.9. The second-order valence-electron chi connectivity index (χ2n) is 5.07. The first-order valence-electron chi connectivity index (χ1n) is 7.21. The molecule has 0 aliphatic heterocycles. The van der Waals surface area contributed by atoms with Gasteiger partial charge in [-0.3, -0.25) is 4.79 Å². The Morgan fingerprint density at radius 3 is 2.52 bits per heavy atom. The van der Waals surface area contributed by atoms with Crippen molar-refractivity contribution in [1.29, 1.82) is 0 Å². The van der Waals surface area contributed by atoms with E-state index in [1.54, 1.807) is 36.5 Å². The van der Waals surface area contributed by atoms with Crippen LogP contribution in [0.5, 0.6) is 0 Å². The third kappa shape index (κ3) is 4.96. The van der Waals surface area contributed by atoms with Crippen LogP contribution in [0.15, 0.2) is 47.1 Å². The van der Waals surface area contributed by atoms with Gasteiger partial charge in [-0.15, -0.1) is 0 Å². The minimum atomic E-state index is -0.984. The Morgan fingerprint density at radius 1 is 1.22 bits per heavy atom. The molecule has 0 bridgehead atoms. The number of furan rings is 1. The number of methoxy groups -OCH3 is 1. The summed E-state index contributed by atoms with van der Waals surface area (Å²) in [7, 11) is 1.58. The predicted molar refractivity (Wildman–Crippen MR) is 83.1 cm³/mol. The monoisotopic (exact) mass is 317 g/mol. The highest BCUT2D eigenvalue weighted by Gasteiger charge is 2.16. The highest BCUT2D eigenvalue weighted by Crippen LogP contribution is 2.10. The van der Waals surface area contributed by atoms with Crippen LogP contribution in [0.25, 0.3) is 0 Å². The summed E-state index contributed by atoms with van der Waals surface area (Å²) in [4.78, 5) is 25.0. The fraction of sp³-hybridized carbons (Fsp3) is 0.294. The van der Waals surface area contributed by atoms with Crippen LogP contribution in [0.4, 0.5) is 0 Å². The molecule has 0 radical (unpaired) electrons. The molecule has 6 nitrogen and oxygen atoms in total. The molecule has 0 aliphatic rings. The van der Waals surface area contributed by atoms with E-state index >= 15 is 0 Å². The molecule has 1 amide bonds. The van der Waals surface area contributed by atoms with Crippen molar-refractivity contribution in [1.82, 2.24) is 4.90 Å². The molecular weight excluding hydrogens is 298 g/mol. The van der Waals surface area contributed by atoms with Crippen molar-refractivity contribution < 1.29 is 23.8 Å². The number of rotatable bonds is 8. The molecule has 0 unspecified atom stereocenters. The number of hydrogen-bond donors (Lipinski definition) is 1. The number of carbonyl (C=O) groups excluding carboxylic acids is 1. The Bertz CT molecular complexity index is 634. The largest absolute Gasteiger partial charge is 0.478 e. The number of carbonyl (C=O) groups is 2. The van der Waals surface area contributed by atoms with E-state index in [0.717, 1.165) is 5.56 Å². The lowest BCUT2D eigenvalue weighted by molar-refractivity contribution is -0.132. The maximum absolute atomic E-state index is 12.5. The minimum absolute atomic E-state index is 0.0680. The lowest BCUT2D eigenvalue weighted by atomic mass is 10.1. The Hall–Kier alpha value is -2.60. The van der Waals surface area contributed by atoms with E-state index < -0.39 is 5.97 Å². The number of benzene rings is 1. The van der Waals surface area contributed by atoms with Gasteiger partial charge in [0.15, 0.2) is 0 Å². The van der Waals surface area contributed by atoms with Gasteiger partial charge < -0.3 is 19.2 Å². The second-order valence-corrected chi connectivity index (χ2v) is 5.07. The van der Waals surface area contributed by atoms with Gasteiger partial charge in [-0.1, -0.05) is 12.1 Å². The van der Waals surface area contributed by atoms with Crippen molar-refractivity contribution in [3.8, 4) is 0 Å². The van der Waals surface area contributed by atoms with Crippen molar-refractivity contribution in [2.75, 3.05) is 20.3 Å². The van der Waals surface area contributed by atoms with Gasteiger partial charge >= 0.3 is 5.97 Å². The van der Waals surface area contributed by atoms with Crippen molar-refractivity contribution in [2.45, 2.75) is 13.0 Å².